The van der Waals surface area contributed by atoms with Crippen LogP contribution in [0.4, 0.5) is 4.39 Å². The maximum absolute atomic E-state index is 13.1. The highest BCUT2D eigenvalue weighted by molar-refractivity contribution is 5.99. The van der Waals surface area contributed by atoms with Gasteiger partial charge in [0, 0.05) is 5.56 Å². The van der Waals surface area contributed by atoms with E-state index in [2.05, 4.69) is 17.2 Å². The fourth-order valence-corrected chi connectivity index (χ4v) is 1.31. The zero-order valence-corrected chi connectivity index (χ0v) is 10.4. The fourth-order valence-electron chi connectivity index (χ4n) is 1.31. The Hall–Kier alpha value is -2.39. The second-order valence-electron chi connectivity index (χ2n) is 3.79. The maximum atomic E-state index is 13.1. The number of hydrogen-bond donors (Lipinski definition) is 3. The van der Waals surface area contributed by atoms with Gasteiger partial charge in [-0.3, -0.25) is 9.59 Å². The van der Waals surface area contributed by atoms with E-state index in [0.29, 0.717) is 0 Å². The summed E-state index contributed by atoms with van der Waals surface area (Å²) in [6.45, 7) is 1.55. The molecule has 0 saturated heterocycles. The highest BCUT2D eigenvalue weighted by Crippen LogP contribution is 2.10. The minimum Gasteiger partial charge on any atom is -0.368 e. The number of rotatable bonds is 3. The topological polar surface area (TPSA) is 98.2 Å². The van der Waals surface area contributed by atoms with Gasteiger partial charge in [0.05, 0.1) is 12.1 Å². The molecule has 2 amide bonds. The molecule has 0 radical (unpaired) electrons. The molecule has 6 heteroatoms. The highest BCUT2D eigenvalue weighted by Gasteiger charge is 2.16. The summed E-state index contributed by atoms with van der Waals surface area (Å²) in [7, 11) is 0. The first kappa shape index (κ1) is 14.7. The molecule has 1 unspecified atom stereocenters. The lowest BCUT2D eigenvalue weighted by molar-refractivity contribution is -0.119. The monoisotopic (exact) mass is 263 g/mol. The molecule has 0 aliphatic rings. The number of hydrogen-bond acceptors (Lipinski definition) is 3. The molecule has 100 valence electrons. The molecule has 1 aromatic carbocycles. The number of halogens is 1. The van der Waals surface area contributed by atoms with Crippen LogP contribution in [0.5, 0.6) is 0 Å². The number of nitrogens with two attached hydrogens (primary N) is 2. The largest absolute Gasteiger partial charge is 0.368 e. The zero-order chi connectivity index (χ0) is 14.4. The van der Waals surface area contributed by atoms with Gasteiger partial charge in [0.25, 0.3) is 5.91 Å². The van der Waals surface area contributed by atoms with Crippen molar-refractivity contribution in [2.24, 2.45) is 11.5 Å². The van der Waals surface area contributed by atoms with Crippen LogP contribution in [0.25, 0.3) is 0 Å². The summed E-state index contributed by atoms with van der Waals surface area (Å²) in [6.07, 6.45) is 0. The van der Waals surface area contributed by atoms with E-state index in [4.69, 9.17) is 11.5 Å². The predicted octanol–water partition coefficient (Wildman–Crippen LogP) is -0.260. The Labute approximate surface area is 110 Å². The third-order valence-corrected chi connectivity index (χ3v) is 2.33. The van der Waals surface area contributed by atoms with E-state index in [0.717, 1.165) is 12.1 Å². The molecule has 0 aliphatic carbocycles. The first-order chi connectivity index (χ1) is 8.95. The number of nitrogens with one attached hydrogen (secondary N) is 1. The van der Waals surface area contributed by atoms with Crippen LogP contribution in [0, 0.1) is 17.7 Å². The van der Waals surface area contributed by atoms with Crippen molar-refractivity contribution in [1.29, 1.82) is 0 Å². The third kappa shape index (κ3) is 4.08. The van der Waals surface area contributed by atoms with Crippen LogP contribution in [-0.4, -0.2) is 24.4 Å². The van der Waals surface area contributed by atoms with Gasteiger partial charge in [-0.2, -0.15) is 0 Å². The third-order valence-electron chi connectivity index (χ3n) is 2.33. The van der Waals surface area contributed by atoms with Crippen molar-refractivity contribution < 1.29 is 14.0 Å². The summed E-state index contributed by atoms with van der Waals surface area (Å²) in [4.78, 5) is 22.8. The van der Waals surface area contributed by atoms with Gasteiger partial charge in [0.15, 0.2) is 0 Å². The van der Waals surface area contributed by atoms with Crippen LogP contribution in [0.15, 0.2) is 18.2 Å². The van der Waals surface area contributed by atoms with Crippen molar-refractivity contribution in [3.63, 3.8) is 0 Å². The van der Waals surface area contributed by atoms with Gasteiger partial charge in [-0.15, -0.1) is 0 Å². The average molecular weight is 263 g/mol. The first-order valence-electron chi connectivity index (χ1n) is 5.54. The van der Waals surface area contributed by atoms with Crippen LogP contribution >= 0.6 is 0 Å². The van der Waals surface area contributed by atoms with Gasteiger partial charge >= 0.3 is 0 Å². The van der Waals surface area contributed by atoms with Crippen LogP contribution in [0.2, 0.25) is 0 Å². The van der Waals surface area contributed by atoms with E-state index in [1.165, 1.54) is 13.0 Å². The zero-order valence-electron chi connectivity index (χ0n) is 10.4. The Bertz CT molecular complexity index is 561. The summed E-state index contributed by atoms with van der Waals surface area (Å²) in [5.41, 5.74) is 10.6. The molecule has 1 aromatic rings. The minimum absolute atomic E-state index is 0.0925. The lowest BCUT2D eigenvalue weighted by atomic mass is 10.1. The molecule has 0 spiro atoms. The average Bonchev–Trinajstić information content (AvgIpc) is 2.35. The van der Waals surface area contributed by atoms with Gasteiger partial charge in [-0.05, 0) is 25.1 Å². The number of carbonyl (C=O) groups is 2. The van der Waals surface area contributed by atoms with Crippen molar-refractivity contribution >= 4 is 11.8 Å². The summed E-state index contributed by atoms with van der Waals surface area (Å²) >= 11 is 0. The van der Waals surface area contributed by atoms with Crippen molar-refractivity contribution in [2.75, 3.05) is 6.54 Å². The molecule has 0 saturated carbocycles. The number of benzene rings is 1. The van der Waals surface area contributed by atoms with Crippen LogP contribution in [0.3, 0.4) is 0 Å². The molecule has 5 nitrogen and oxygen atoms in total. The van der Waals surface area contributed by atoms with E-state index in [1.807, 2.05) is 0 Å². The van der Waals surface area contributed by atoms with E-state index in [1.54, 1.807) is 0 Å². The van der Waals surface area contributed by atoms with Crippen molar-refractivity contribution in [3.05, 3.63) is 35.1 Å². The lowest BCUT2D eigenvalue weighted by Gasteiger charge is -2.11. The number of amides is 2. The molecule has 1 atom stereocenters. The molecule has 0 aromatic heterocycles. The highest BCUT2D eigenvalue weighted by atomic mass is 19.1. The molecule has 0 fully saturated rings. The van der Waals surface area contributed by atoms with Crippen molar-refractivity contribution in [1.82, 2.24) is 5.32 Å². The van der Waals surface area contributed by atoms with E-state index < -0.39 is 23.7 Å². The number of carbonyl (C=O) groups excluding carboxylic acids is 2. The molecular formula is C13H14FN3O2. The Morgan fingerprint density at radius 3 is 2.74 bits per heavy atom. The Morgan fingerprint density at radius 2 is 2.16 bits per heavy atom. The molecule has 0 heterocycles. The SMILES string of the molecule is CC(NC(=O)c1ccc(F)cc1C#CCN)C(N)=O. The molecular weight excluding hydrogens is 249 g/mol. The van der Waals surface area contributed by atoms with E-state index >= 15 is 0 Å². The van der Waals surface area contributed by atoms with Gasteiger partial charge in [0.1, 0.15) is 11.9 Å². The summed E-state index contributed by atoms with van der Waals surface area (Å²) in [5, 5.41) is 2.40. The smallest absolute Gasteiger partial charge is 0.253 e. The molecule has 19 heavy (non-hydrogen) atoms. The normalized spacial score (nSPS) is 11.1. The van der Waals surface area contributed by atoms with Crippen molar-refractivity contribution in [2.45, 2.75) is 13.0 Å². The Kier molecular flexibility index (Phi) is 5.03. The standard InChI is InChI=1S/C13H14FN3O2/c1-8(12(16)18)17-13(19)11-5-4-10(14)7-9(11)3-2-6-15/h4-5,7-8H,6,15H2,1H3,(H2,16,18)(H,17,19). The van der Waals surface area contributed by atoms with Gasteiger partial charge < -0.3 is 16.8 Å². The summed E-state index contributed by atoms with van der Waals surface area (Å²) in [5.74, 6) is 3.42. The Morgan fingerprint density at radius 1 is 1.47 bits per heavy atom. The van der Waals surface area contributed by atoms with Crippen LogP contribution in [0.1, 0.15) is 22.8 Å². The molecule has 0 bridgehead atoms. The second-order valence-corrected chi connectivity index (χ2v) is 3.79. The van der Waals surface area contributed by atoms with E-state index in [-0.39, 0.29) is 17.7 Å². The molecule has 1 rings (SSSR count). The lowest BCUT2D eigenvalue weighted by Crippen LogP contribution is -2.42. The number of primary amides is 1. The Balaban J connectivity index is 3.05. The van der Waals surface area contributed by atoms with Gasteiger partial charge in [0.2, 0.25) is 5.91 Å². The van der Waals surface area contributed by atoms with Gasteiger partial charge in [-0.25, -0.2) is 4.39 Å². The summed E-state index contributed by atoms with van der Waals surface area (Å²) < 4.78 is 13.1. The maximum Gasteiger partial charge on any atom is 0.253 e. The molecule has 0 aliphatic heterocycles. The first-order valence-corrected chi connectivity index (χ1v) is 5.54. The van der Waals surface area contributed by atoms with E-state index in [9.17, 15) is 14.0 Å². The van der Waals surface area contributed by atoms with Crippen LogP contribution in [-0.2, 0) is 4.79 Å². The molecule has 5 N–H and O–H groups in total. The summed E-state index contributed by atoms with van der Waals surface area (Å²) in [6, 6.07) is 2.73. The fraction of sp³-hybridized carbons (Fsp3) is 0.231. The van der Waals surface area contributed by atoms with Crippen molar-refractivity contribution in [3.8, 4) is 11.8 Å². The second kappa shape index (κ2) is 6.52. The quantitative estimate of drug-likeness (QED) is 0.655. The predicted molar refractivity (Wildman–Crippen MR) is 68.5 cm³/mol. The minimum atomic E-state index is -0.826. The van der Waals surface area contributed by atoms with Crippen LogP contribution < -0.4 is 16.8 Å². The van der Waals surface area contributed by atoms with Gasteiger partial charge in [-0.1, -0.05) is 11.8 Å².